The van der Waals surface area contributed by atoms with Crippen LogP contribution in [0.5, 0.6) is 0 Å². The summed E-state index contributed by atoms with van der Waals surface area (Å²) in [5, 5.41) is 1.09. The highest BCUT2D eigenvalue weighted by Crippen LogP contribution is 2.29. The van der Waals surface area contributed by atoms with Crippen LogP contribution >= 0.6 is 35.3 Å². The molecule has 0 aliphatic carbocycles. The van der Waals surface area contributed by atoms with Crippen LogP contribution in [0.15, 0.2) is 83.8 Å². The van der Waals surface area contributed by atoms with Crippen LogP contribution in [0.3, 0.4) is 0 Å². The van der Waals surface area contributed by atoms with E-state index in [2.05, 4.69) is 35.3 Å². The van der Waals surface area contributed by atoms with Crippen LogP contribution in [0.1, 0.15) is 5.56 Å². The molecular formula is C20H18INO3S2. The van der Waals surface area contributed by atoms with Gasteiger partial charge in [-0.1, -0.05) is 60.2 Å². The fourth-order valence-electron chi connectivity index (χ4n) is 2.29. The number of aryl methyl sites for hydroxylation is 1. The Morgan fingerprint density at radius 3 is 2.04 bits per heavy atom. The Morgan fingerprint density at radius 1 is 0.852 bits per heavy atom. The monoisotopic (exact) mass is 511 g/mol. The summed E-state index contributed by atoms with van der Waals surface area (Å²) >= 11 is 1.74. The lowest BCUT2D eigenvalue weighted by atomic mass is 10.2. The number of benzene rings is 3. The predicted octanol–water partition coefficient (Wildman–Crippen LogP) is 5.82. The summed E-state index contributed by atoms with van der Waals surface area (Å²) in [5.74, 6) is 0. The molecule has 4 nitrogen and oxygen atoms in total. The van der Waals surface area contributed by atoms with Crippen molar-refractivity contribution in [3.05, 3.63) is 84.4 Å². The molecule has 0 bridgehead atoms. The first kappa shape index (κ1) is 21.5. The number of thiazole rings is 1. The Morgan fingerprint density at radius 2 is 1.44 bits per heavy atom. The van der Waals surface area contributed by atoms with E-state index in [9.17, 15) is 8.42 Å². The Bertz CT molecular complexity index is 1080. The second-order valence-corrected chi connectivity index (χ2v) is 8.09. The van der Waals surface area contributed by atoms with Gasteiger partial charge in [0, 0.05) is 5.56 Å². The van der Waals surface area contributed by atoms with E-state index in [-0.39, 0.29) is 28.9 Å². The topological polar surface area (TPSA) is 67.3 Å². The van der Waals surface area contributed by atoms with E-state index in [4.69, 9.17) is 4.55 Å². The van der Waals surface area contributed by atoms with E-state index in [1.54, 1.807) is 23.5 Å². The maximum Gasteiger partial charge on any atom is 0.294 e. The molecule has 0 amide bonds. The number of hydrogen-bond donors (Lipinski definition) is 1. The highest BCUT2D eigenvalue weighted by molar-refractivity contribution is 14.0. The van der Waals surface area contributed by atoms with Crippen LogP contribution in [0, 0.1) is 6.92 Å². The van der Waals surface area contributed by atoms with Gasteiger partial charge in [-0.25, -0.2) is 4.98 Å². The second kappa shape index (κ2) is 9.41. The SMILES string of the molecule is Cc1ccc(S(=O)(=O)O)cc1.I.c1ccc(-c2nc3ccccc3s2)cc1. The van der Waals surface area contributed by atoms with E-state index < -0.39 is 10.1 Å². The minimum atomic E-state index is -4.02. The molecule has 0 fully saturated rings. The van der Waals surface area contributed by atoms with Crippen molar-refractivity contribution in [1.82, 2.24) is 4.98 Å². The Kier molecular flexibility index (Phi) is 7.49. The molecule has 3 aromatic carbocycles. The second-order valence-electron chi connectivity index (χ2n) is 5.64. The number of aromatic nitrogens is 1. The molecule has 0 unspecified atom stereocenters. The van der Waals surface area contributed by atoms with Gasteiger partial charge in [-0.05, 0) is 31.2 Å². The van der Waals surface area contributed by atoms with Crippen molar-refractivity contribution in [2.75, 3.05) is 0 Å². The molecule has 0 saturated carbocycles. The molecule has 1 N–H and O–H groups in total. The molecule has 0 saturated heterocycles. The normalized spacial score (nSPS) is 10.6. The molecule has 4 aromatic rings. The van der Waals surface area contributed by atoms with Gasteiger partial charge >= 0.3 is 0 Å². The summed E-state index contributed by atoms with van der Waals surface area (Å²) < 4.78 is 30.8. The third kappa shape index (κ3) is 5.83. The molecule has 7 heteroatoms. The van der Waals surface area contributed by atoms with E-state index in [0.717, 1.165) is 16.1 Å². The highest BCUT2D eigenvalue weighted by atomic mass is 127. The van der Waals surface area contributed by atoms with Gasteiger partial charge < -0.3 is 0 Å². The summed E-state index contributed by atoms with van der Waals surface area (Å²) in [4.78, 5) is 4.53. The van der Waals surface area contributed by atoms with E-state index in [0.29, 0.717) is 0 Å². The molecule has 0 spiro atoms. The van der Waals surface area contributed by atoms with Gasteiger partial charge in [-0.15, -0.1) is 35.3 Å². The minimum Gasteiger partial charge on any atom is -0.282 e. The Balaban J connectivity index is 0.000000196. The first-order chi connectivity index (χ1) is 12.4. The summed E-state index contributed by atoms with van der Waals surface area (Å²) in [6.45, 7) is 1.84. The van der Waals surface area contributed by atoms with Gasteiger partial charge in [0.1, 0.15) is 5.01 Å². The van der Waals surface area contributed by atoms with Gasteiger partial charge in [0.25, 0.3) is 10.1 Å². The van der Waals surface area contributed by atoms with Gasteiger partial charge in [-0.2, -0.15) is 8.42 Å². The predicted molar refractivity (Wildman–Crippen MR) is 121 cm³/mol. The van der Waals surface area contributed by atoms with Crippen LogP contribution in [-0.4, -0.2) is 18.0 Å². The fourth-order valence-corrected chi connectivity index (χ4v) is 3.74. The van der Waals surface area contributed by atoms with Crippen LogP contribution in [-0.2, 0) is 10.1 Å². The van der Waals surface area contributed by atoms with Crippen LogP contribution in [0.25, 0.3) is 20.8 Å². The molecule has 1 heterocycles. The molecule has 0 radical (unpaired) electrons. The van der Waals surface area contributed by atoms with E-state index in [1.165, 1.54) is 22.4 Å². The Labute approximate surface area is 179 Å². The third-order valence-corrected chi connectivity index (χ3v) is 5.59. The molecule has 1 aromatic heterocycles. The van der Waals surface area contributed by atoms with Crippen molar-refractivity contribution < 1.29 is 13.0 Å². The molecule has 140 valence electrons. The molecule has 27 heavy (non-hydrogen) atoms. The van der Waals surface area contributed by atoms with Crippen molar-refractivity contribution in [2.24, 2.45) is 0 Å². The number of rotatable bonds is 2. The molecule has 0 aliphatic rings. The van der Waals surface area contributed by atoms with E-state index in [1.807, 2.05) is 31.2 Å². The summed E-state index contributed by atoms with van der Waals surface area (Å²) in [5.41, 5.74) is 3.23. The van der Waals surface area contributed by atoms with Gasteiger partial charge in [-0.3, -0.25) is 4.55 Å². The standard InChI is InChI=1S/C13H9NS.C7H8O3S.HI/c1-2-6-10(7-3-1)13-14-11-8-4-5-9-12(11)15-13;1-6-2-4-7(5-3-6)11(8,9)10;/h1-9H;2-5H,1H3,(H,8,9,10);1H. The number of para-hydroxylation sites is 1. The molecular weight excluding hydrogens is 493 g/mol. The van der Waals surface area contributed by atoms with Crippen LogP contribution < -0.4 is 0 Å². The zero-order valence-corrected chi connectivity index (χ0v) is 18.4. The first-order valence-corrected chi connectivity index (χ1v) is 10.1. The average Bonchev–Trinajstić information content (AvgIpc) is 3.07. The smallest absolute Gasteiger partial charge is 0.282 e. The van der Waals surface area contributed by atoms with Crippen molar-refractivity contribution in [2.45, 2.75) is 11.8 Å². The first-order valence-electron chi connectivity index (χ1n) is 7.88. The van der Waals surface area contributed by atoms with Gasteiger partial charge in [0.15, 0.2) is 0 Å². The summed E-state index contributed by atoms with van der Waals surface area (Å²) in [7, 11) is -4.02. The number of nitrogens with zero attached hydrogens (tertiary/aromatic N) is 1. The molecule has 4 rings (SSSR count). The Hall–Kier alpha value is -1.81. The molecule has 0 aliphatic heterocycles. The number of hydrogen-bond acceptors (Lipinski definition) is 4. The van der Waals surface area contributed by atoms with Crippen molar-refractivity contribution in [3.63, 3.8) is 0 Å². The lowest BCUT2D eigenvalue weighted by Crippen LogP contribution is -1.96. The van der Waals surface area contributed by atoms with Crippen molar-refractivity contribution in [1.29, 1.82) is 0 Å². The minimum absolute atomic E-state index is 0. The summed E-state index contributed by atoms with van der Waals surface area (Å²) in [6, 6.07) is 24.5. The largest absolute Gasteiger partial charge is 0.294 e. The summed E-state index contributed by atoms with van der Waals surface area (Å²) in [6.07, 6.45) is 0. The highest BCUT2D eigenvalue weighted by Gasteiger charge is 2.07. The van der Waals surface area contributed by atoms with Gasteiger partial charge in [0.05, 0.1) is 15.1 Å². The molecule has 0 atom stereocenters. The lowest BCUT2D eigenvalue weighted by molar-refractivity contribution is 0.483. The maximum absolute atomic E-state index is 10.5. The van der Waals surface area contributed by atoms with Crippen LogP contribution in [0.2, 0.25) is 0 Å². The average molecular weight is 511 g/mol. The number of fused-ring (bicyclic) bond motifs is 1. The van der Waals surface area contributed by atoms with Gasteiger partial charge in [0.2, 0.25) is 0 Å². The van der Waals surface area contributed by atoms with Crippen molar-refractivity contribution in [3.8, 4) is 10.6 Å². The van der Waals surface area contributed by atoms with Crippen LogP contribution in [0.4, 0.5) is 0 Å². The van der Waals surface area contributed by atoms with Crippen molar-refractivity contribution >= 4 is 55.6 Å². The van der Waals surface area contributed by atoms with E-state index >= 15 is 0 Å². The number of halogens is 1. The maximum atomic E-state index is 10.5. The third-order valence-electron chi connectivity index (χ3n) is 3.63. The lowest BCUT2D eigenvalue weighted by Gasteiger charge is -1.95. The zero-order chi connectivity index (χ0) is 18.6. The zero-order valence-electron chi connectivity index (χ0n) is 14.4. The quantitative estimate of drug-likeness (QED) is 0.272. The fraction of sp³-hybridized carbons (Fsp3) is 0.0500.